The highest BCUT2D eigenvalue weighted by Gasteiger charge is 2.19. The number of aromatic carboxylic acids is 1. The third kappa shape index (κ3) is 1.68. The molecule has 1 atom stereocenters. The summed E-state index contributed by atoms with van der Waals surface area (Å²) in [5.74, 6) is -0.999. The lowest BCUT2D eigenvalue weighted by molar-refractivity contribution is 0.0696. The van der Waals surface area contributed by atoms with E-state index in [1.807, 2.05) is 0 Å². The van der Waals surface area contributed by atoms with Crippen LogP contribution < -0.4 is 0 Å². The number of rotatable bonds is 2. The quantitative estimate of drug-likeness (QED) is 0.847. The maximum Gasteiger partial charge on any atom is 0.346 e. The molecule has 0 bridgehead atoms. The van der Waals surface area contributed by atoms with E-state index < -0.39 is 12.1 Å². The number of carbonyl (C=O) groups is 1. The summed E-state index contributed by atoms with van der Waals surface area (Å²) in [6, 6.07) is 0. The number of carboxylic acids is 1. The Labute approximate surface area is 81.8 Å². The van der Waals surface area contributed by atoms with Crippen LogP contribution in [0.4, 0.5) is 0 Å². The highest BCUT2D eigenvalue weighted by Crippen LogP contribution is 2.32. The van der Waals surface area contributed by atoms with E-state index in [0.717, 1.165) is 11.3 Å². The molecule has 66 valence electrons. The van der Waals surface area contributed by atoms with E-state index in [4.69, 9.17) is 5.11 Å². The summed E-state index contributed by atoms with van der Waals surface area (Å²) in [6.07, 6.45) is -0.753. The van der Waals surface area contributed by atoms with Crippen LogP contribution in [0.25, 0.3) is 0 Å². The maximum atomic E-state index is 10.6. The molecule has 0 amide bonds. The number of thiophene rings is 1. The number of hydrogen-bond donors (Lipinski definition) is 2. The summed E-state index contributed by atoms with van der Waals surface area (Å²) in [6.45, 7) is 1.54. The van der Waals surface area contributed by atoms with Gasteiger partial charge in [0.1, 0.15) is 4.88 Å². The van der Waals surface area contributed by atoms with Crippen molar-refractivity contribution in [2.24, 2.45) is 0 Å². The van der Waals surface area contributed by atoms with Gasteiger partial charge in [-0.3, -0.25) is 0 Å². The van der Waals surface area contributed by atoms with E-state index in [1.54, 1.807) is 12.3 Å². The predicted molar refractivity (Wildman–Crippen MR) is 49.6 cm³/mol. The van der Waals surface area contributed by atoms with Gasteiger partial charge in [0.05, 0.1) is 6.10 Å². The molecular weight excluding hydrogens is 244 g/mol. The monoisotopic (exact) mass is 250 g/mol. The van der Waals surface area contributed by atoms with E-state index in [2.05, 4.69) is 15.9 Å². The Morgan fingerprint density at radius 3 is 2.67 bits per heavy atom. The molecule has 0 fully saturated rings. The molecule has 1 rings (SSSR count). The van der Waals surface area contributed by atoms with Gasteiger partial charge in [-0.15, -0.1) is 11.3 Å². The summed E-state index contributed by atoms with van der Waals surface area (Å²) in [7, 11) is 0. The Morgan fingerprint density at radius 2 is 2.33 bits per heavy atom. The topological polar surface area (TPSA) is 57.5 Å². The molecule has 1 unspecified atom stereocenters. The zero-order valence-corrected chi connectivity index (χ0v) is 8.65. The minimum Gasteiger partial charge on any atom is -0.477 e. The lowest BCUT2D eigenvalue weighted by Crippen LogP contribution is -2.00. The third-order valence-electron chi connectivity index (χ3n) is 1.39. The molecule has 0 aliphatic heterocycles. The molecule has 0 radical (unpaired) electrons. The Bertz CT molecular complexity index is 306. The van der Waals surface area contributed by atoms with Crippen molar-refractivity contribution in [3.05, 3.63) is 20.3 Å². The lowest BCUT2D eigenvalue weighted by Gasteiger charge is -2.03. The van der Waals surface area contributed by atoms with Crippen molar-refractivity contribution in [3.8, 4) is 0 Å². The van der Waals surface area contributed by atoms with Crippen molar-refractivity contribution in [1.29, 1.82) is 0 Å². The molecule has 0 aliphatic carbocycles. The second kappa shape index (κ2) is 3.55. The van der Waals surface area contributed by atoms with Gasteiger partial charge in [-0.1, -0.05) is 0 Å². The van der Waals surface area contributed by atoms with Crippen LogP contribution in [0.3, 0.4) is 0 Å². The molecule has 5 heteroatoms. The van der Waals surface area contributed by atoms with Gasteiger partial charge >= 0.3 is 5.97 Å². The van der Waals surface area contributed by atoms with Gasteiger partial charge in [0.2, 0.25) is 0 Å². The Morgan fingerprint density at radius 1 is 1.75 bits per heavy atom. The molecule has 1 aromatic rings. The molecule has 0 aromatic carbocycles. The average molecular weight is 251 g/mol. The van der Waals surface area contributed by atoms with Crippen LogP contribution in [0.1, 0.15) is 28.3 Å². The molecule has 2 N–H and O–H groups in total. The zero-order chi connectivity index (χ0) is 9.30. The molecule has 1 heterocycles. The molecule has 0 spiro atoms. The van der Waals surface area contributed by atoms with Gasteiger partial charge in [0.25, 0.3) is 0 Å². The fourth-order valence-corrected chi connectivity index (χ4v) is 2.70. The minimum absolute atomic E-state index is 0.192. The fraction of sp³-hybridized carbons (Fsp3) is 0.286. The SMILES string of the molecule is CC(O)c1c(Br)csc1C(=O)O. The van der Waals surface area contributed by atoms with Gasteiger partial charge < -0.3 is 10.2 Å². The Balaban J connectivity index is 3.21. The van der Waals surface area contributed by atoms with Crippen molar-refractivity contribution in [1.82, 2.24) is 0 Å². The van der Waals surface area contributed by atoms with Crippen molar-refractivity contribution in [3.63, 3.8) is 0 Å². The Kier molecular flexibility index (Phi) is 2.87. The smallest absolute Gasteiger partial charge is 0.346 e. The van der Waals surface area contributed by atoms with Crippen LogP contribution in [0.2, 0.25) is 0 Å². The zero-order valence-electron chi connectivity index (χ0n) is 6.24. The first-order valence-corrected chi connectivity index (χ1v) is 4.89. The van der Waals surface area contributed by atoms with E-state index in [0.29, 0.717) is 10.0 Å². The Hall–Kier alpha value is -0.390. The number of aliphatic hydroxyl groups is 1. The lowest BCUT2D eigenvalue weighted by atomic mass is 10.2. The van der Waals surface area contributed by atoms with Crippen LogP contribution in [-0.2, 0) is 0 Å². The average Bonchev–Trinajstić information content (AvgIpc) is 2.30. The van der Waals surface area contributed by atoms with E-state index >= 15 is 0 Å². The van der Waals surface area contributed by atoms with Crippen molar-refractivity contribution in [2.75, 3.05) is 0 Å². The molecular formula is C7H7BrO3S. The summed E-state index contributed by atoms with van der Waals surface area (Å²) in [5, 5.41) is 19.6. The van der Waals surface area contributed by atoms with Crippen LogP contribution in [0.15, 0.2) is 9.85 Å². The van der Waals surface area contributed by atoms with Gasteiger partial charge in [-0.25, -0.2) is 4.79 Å². The van der Waals surface area contributed by atoms with Crippen molar-refractivity contribution >= 4 is 33.2 Å². The first kappa shape index (κ1) is 9.70. The van der Waals surface area contributed by atoms with Crippen molar-refractivity contribution in [2.45, 2.75) is 13.0 Å². The third-order valence-corrected chi connectivity index (χ3v) is 3.34. The molecule has 0 aliphatic rings. The normalized spacial score (nSPS) is 12.9. The molecule has 0 saturated carbocycles. The van der Waals surface area contributed by atoms with Crippen LogP contribution in [0.5, 0.6) is 0 Å². The standard InChI is InChI=1S/C7H7BrO3S/c1-3(9)5-4(8)2-12-6(5)7(10)11/h2-3,9H,1H3,(H,10,11). The molecule has 12 heavy (non-hydrogen) atoms. The highest BCUT2D eigenvalue weighted by atomic mass is 79.9. The summed E-state index contributed by atoms with van der Waals surface area (Å²) >= 11 is 4.28. The van der Waals surface area contributed by atoms with E-state index in [-0.39, 0.29) is 4.88 Å². The highest BCUT2D eigenvalue weighted by molar-refractivity contribution is 9.10. The van der Waals surface area contributed by atoms with E-state index in [9.17, 15) is 9.90 Å². The van der Waals surface area contributed by atoms with Crippen LogP contribution in [-0.4, -0.2) is 16.2 Å². The summed E-state index contributed by atoms with van der Waals surface area (Å²) in [4.78, 5) is 10.8. The first-order chi connectivity index (χ1) is 5.54. The van der Waals surface area contributed by atoms with E-state index in [1.165, 1.54) is 0 Å². The number of halogens is 1. The number of carboxylic acid groups (broad SMARTS) is 1. The van der Waals surface area contributed by atoms with Gasteiger partial charge in [0, 0.05) is 15.4 Å². The number of aliphatic hydroxyl groups excluding tert-OH is 1. The summed E-state index contributed by atoms with van der Waals surface area (Å²) in [5.41, 5.74) is 0.451. The predicted octanol–water partition coefficient (Wildman–Crippen LogP) is 2.26. The fourth-order valence-electron chi connectivity index (χ4n) is 0.901. The maximum absolute atomic E-state index is 10.6. The largest absolute Gasteiger partial charge is 0.477 e. The van der Waals surface area contributed by atoms with Gasteiger partial charge in [-0.2, -0.15) is 0 Å². The van der Waals surface area contributed by atoms with Gasteiger partial charge in [0.15, 0.2) is 0 Å². The van der Waals surface area contributed by atoms with Crippen LogP contribution >= 0.6 is 27.3 Å². The second-order valence-corrected chi connectivity index (χ2v) is 4.04. The first-order valence-electron chi connectivity index (χ1n) is 3.22. The van der Waals surface area contributed by atoms with Crippen molar-refractivity contribution < 1.29 is 15.0 Å². The molecule has 3 nitrogen and oxygen atoms in total. The van der Waals surface area contributed by atoms with Gasteiger partial charge in [-0.05, 0) is 22.9 Å². The molecule has 0 saturated heterocycles. The summed E-state index contributed by atoms with van der Waals surface area (Å²) < 4.78 is 0.653. The second-order valence-electron chi connectivity index (χ2n) is 2.31. The molecule has 1 aromatic heterocycles. The number of hydrogen-bond acceptors (Lipinski definition) is 3. The van der Waals surface area contributed by atoms with Crippen LogP contribution in [0, 0.1) is 0 Å². The minimum atomic E-state index is -0.999.